The molecule has 0 radical (unpaired) electrons. The van der Waals surface area contributed by atoms with Crippen molar-refractivity contribution in [1.29, 1.82) is 0 Å². The van der Waals surface area contributed by atoms with Gasteiger partial charge < -0.3 is 23.8 Å². The molecular weight excluding hydrogens is 428 g/mol. The first-order chi connectivity index (χ1) is 15.5. The third kappa shape index (κ3) is 5.31. The molecule has 3 aromatic rings. The second-order valence-electron chi connectivity index (χ2n) is 7.84. The molecule has 0 unspecified atom stereocenters. The van der Waals surface area contributed by atoms with Gasteiger partial charge >= 0.3 is 0 Å². The first kappa shape index (κ1) is 22.0. The maximum Gasteiger partial charge on any atom is 0.254 e. The monoisotopic (exact) mass is 454 g/mol. The molecule has 0 saturated carbocycles. The lowest BCUT2D eigenvalue weighted by molar-refractivity contribution is 0.0720. The third-order valence-corrected chi connectivity index (χ3v) is 5.74. The van der Waals surface area contributed by atoms with Crippen LogP contribution in [-0.2, 0) is 13.2 Å². The number of fused-ring (bicyclic) bond motifs is 1. The predicted octanol–water partition coefficient (Wildman–Crippen LogP) is 4.76. The maximum atomic E-state index is 13.2. The summed E-state index contributed by atoms with van der Waals surface area (Å²) in [6.45, 7) is 5.80. The largest absolute Gasteiger partial charge is 0.497 e. The Kier molecular flexibility index (Phi) is 6.80. The van der Waals surface area contributed by atoms with Crippen LogP contribution >= 0.6 is 11.3 Å². The van der Waals surface area contributed by atoms with E-state index >= 15 is 0 Å². The van der Waals surface area contributed by atoms with Crippen LogP contribution in [0, 0.1) is 5.92 Å². The molecule has 7 nitrogen and oxygen atoms in total. The average Bonchev–Trinajstić information content (AvgIpc) is 3.45. The molecule has 0 fully saturated rings. The molecule has 1 amide bonds. The Bertz CT molecular complexity index is 1060. The Morgan fingerprint density at radius 3 is 2.62 bits per heavy atom. The number of aromatic nitrogens is 1. The Labute approximate surface area is 191 Å². The molecule has 168 valence electrons. The number of ether oxygens (including phenoxy) is 4. The van der Waals surface area contributed by atoms with Crippen molar-refractivity contribution >= 4 is 17.2 Å². The van der Waals surface area contributed by atoms with Crippen molar-refractivity contribution in [3.8, 4) is 23.0 Å². The Morgan fingerprint density at radius 1 is 1.12 bits per heavy atom. The van der Waals surface area contributed by atoms with Crippen LogP contribution < -0.4 is 18.9 Å². The molecule has 0 bridgehead atoms. The van der Waals surface area contributed by atoms with Crippen molar-refractivity contribution in [2.75, 3.05) is 20.4 Å². The lowest BCUT2D eigenvalue weighted by Gasteiger charge is -2.24. The van der Waals surface area contributed by atoms with Crippen molar-refractivity contribution in [2.45, 2.75) is 27.0 Å². The van der Waals surface area contributed by atoms with E-state index in [-0.39, 0.29) is 12.7 Å². The molecule has 0 atom stereocenters. The fourth-order valence-electron chi connectivity index (χ4n) is 3.37. The van der Waals surface area contributed by atoms with E-state index in [4.69, 9.17) is 18.9 Å². The number of hydrogen-bond acceptors (Lipinski definition) is 7. The highest BCUT2D eigenvalue weighted by molar-refractivity contribution is 7.09. The molecule has 4 rings (SSSR count). The molecule has 1 aromatic heterocycles. The van der Waals surface area contributed by atoms with E-state index in [1.807, 2.05) is 34.5 Å². The van der Waals surface area contributed by atoms with Gasteiger partial charge in [-0.1, -0.05) is 13.8 Å². The summed E-state index contributed by atoms with van der Waals surface area (Å²) in [5.41, 5.74) is 1.42. The standard InChI is InChI=1S/C24H26N2O5S/c1-16(2)11-26(24(27)17-4-9-21-22(10-17)31-15-30-21)12-18-14-32-23(25-18)13-29-20-7-5-19(28-3)6-8-20/h4-10,14,16H,11-13,15H2,1-3H3. The number of methoxy groups -OCH3 is 1. The SMILES string of the molecule is COc1ccc(OCc2nc(CN(CC(C)C)C(=O)c3ccc4c(c3)OCO4)cs2)cc1. The highest BCUT2D eigenvalue weighted by atomic mass is 32.1. The minimum absolute atomic E-state index is 0.0546. The van der Waals surface area contributed by atoms with E-state index in [0.717, 1.165) is 22.2 Å². The summed E-state index contributed by atoms with van der Waals surface area (Å²) in [4.78, 5) is 19.7. The molecule has 8 heteroatoms. The third-order valence-electron chi connectivity index (χ3n) is 4.87. The van der Waals surface area contributed by atoms with E-state index in [0.29, 0.717) is 42.7 Å². The first-order valence-electron chi connectivity index (χ1n) is 10.4. The Hall–Kier alpha value is -3.26. The number of hydrogen-bond donors (Lipinski definition) is 0. The van der Waals surface area contributed by atoms with Gasteiger partial charge in [-0.3, -0.25) is 4.79 Å². The van der Waals surface area contributed by atoms with Crippen molar-refractivity contribution in [3.05, 3.63) is 64.1 Å². The normalized spacial score (nSPS) is 12.1. The van der Waals surface area contributed by atoms with Crippen LogP contribution in [0.15, 0.2) is 47.8 Å². The minimum atomic E-state index is -0.0546. The van der Waals surface area contributed by atoms with Crippen LogP contribution in [0.4, 0.5) is 0 Å². The number of rotatable bonds is 9. The average molecular weight is 455 g/mol. The molecule has 1 aliphatic heterocycles. The molecule has 0 aliphatic carbocycles. The van der Waals surface area contributed by atoms with Gasteiger partial charge in [0.1, 0.15) is 23.1 Å². The number of amides is 1. The van der Waals surface area contributed by atoms with Gasteiger partial charge in [-0.05, 0) is 48.4 Å². The van der Waals surface area contributed by atoms with E-state index in [2.05, 4.69) is 18.8 Å². The van der Waals surface area contributed by atoms with E-state index in [1.165, 1.54) is 11.3 Å². The highest BCUT2D eigenvalue weighted by Gasteiger charge is 2.22. The van der Waals surface area contributed by atoms with Gasteiger partial charge in [-0.2, -0.15) is 0 Å². The zero-order valence-electron chi connectivity index (χ0n) is 18.4. The minimum Gasteiger partial charge on any atom is -0.497 e. The zero-order valence-corrected chi connectivity index (χ0v) is 19.2. The van der Waals surface area contributed by atoms with Crippen molar-refractivity contribution in [3.63, 3.8) is 0 Å². The summed E-state index contributed by atoms with van der Waals surface area (Å²) in [5, 5.41) is 2.84. The van der Waals surface area contributed by atoms with E-state index in [9.17, 15) is 4.79 Å². The van der Waals surface area contributed by atoms with Crippen LogP contribution in [0.2, 0.25) is 0 Å². The summed E-state index contributed by atoms with van der Waals surface area (Å²) < 4.78 is 21.8. The van der Waals surface area contributed by atoms with Gasteiger partial charge in [-0.15, -0.1) is 11.3 Å². The molecule has 0 saturated heterocycles. The summed E-state index contributed by atoms with van der Waals surface area (Å²) in [6.07, 6.45) is 0. The summed E-state index contributed by atoms with van der Waals surface area (Å²) in [6, 6.07) is 12.7. The van der Waals surface area contributed by atoms with Gasteiger partial charge in [0.15, 0.2) is 11.5 Å². The van der Waals surface area contributed by atoms with Crippen molar-refractivity contribution < 1.29 is 23.7 Å². The summed E-state index contributed by atoms with van der Waals surface area (Å²) in [7, 11) is 1.63. The number of thiazole rings is 1. The van der Waals surface area contributed by atoms with Crippen LogP contribution in [0.25, 0.3) is 0 Å². The van der Waals surface area contributed by atoms with Gasteiger partial charge in [-0.25, -0.2) is 4.98 Å². The van der Waals surface area contributed by atoms with Crippen molar-refractivity contribution in [2.24, 2.45) is 5.92 Å². The maximum absolute atomic E-state index is 13.2. The second kappa shape index (κ2) is 9.91. The second-order valence-corrected chi connectivity index (χ2v) is 8.79. The highest BCUT2D eigenvalue weighted by Crippen LogP contribution is 2.33. The van der Waals surface area contributed by atoms with Gasteiger partial charge in [0.25, 0.3) is 5.91 Å². The fourth-order valence-corrected chi connectivity index (χ4v) is 4.07. The van der Waals surface area contributed by atoms with Gasteiger partial charge in [0.2, 0.25) is 6.79 Å². The van der Waals surface area contributed by atoms with Gasteiger partial charge in [0.05, 0.1) is 19.3 Å². The molecule has 2 heterocycles. The van der Waals surface area contributed by atoms with Crippen LogP contribution in [0.5, 0.6) is 23.0 Å². The first-order valence-corrected chi connectivity index (χ1v) is 11.3. The number of benzene rings is 2. The molecule has 2 aromatic carbocycles. The summed E-state index contributed by atoms with van der Waals surface area (Å²) in [5.74, 6) is 3.07. The number of carbonyl (C=O) groups excluding carboxylic acids is 1. The molecule has 32 heavy (non-hydrogen) atoms. The predicted molar refractivity (Wildman–Crippen MR) is 122 cm³/mol. The Morgan fingerprint density at radius 2 is 1.88 bits per heavy atom. The number of nitrogens with zero attached hydrogens (tertiary/aromatic N) is 2. The van der Waals surface area contributed by atoms with E-state index < -0.39 is 0 Å². The smallest absolute Gasteiger partial charge is 0.254 e. The van der Waals surface area contributed by atoms with Crippen LogP contribution in [0.3, 0.4) is 0 Å². The lowest BCUT2D eigenvalue weighted by Crippen LogP contribution is -2.33. The molecule has 1 aliphatic rings. The molecule has 0 N–H and O–H groups in total. The fraction of sp³-hybridized carbons (Fsp3) is 0.333. The van der Waals surface area contributed by atoms with Crippen LogP contribution in [0.1, 0.15) is 34.9 Å². The lowest BCUT2D eigenvalue weighted by atomic mass is 10.1. The Balaban J connectivity index is 1.41. The number of carbonyl (C=O) groups is 1. The van der Waals surface area contributed by atoms with E-state index in [1.54, 1.807) is 25.3 Å². The topological polar surface area (TPSA) is 70.1 Å². The molecular formula is C24H26N2O5S. The van der Waals surface area contributed by atoms with Crippen molar-refractivity contribution in [1.82, 2.24) is 9.88 Å². The van der Waals surface area contributed by atoms with Gasteiger partial charge in [0, 0.05) is 17.5 Å². The molecule has 0 spiro atoms. The summed E-state index contributed by atoms with van der Waals surface area (Å²) >= 11 is 1.53. The quantitative estimate of drug-likeness (QED) is 0.464. The van der Waals surface area contributed by atoms with Crippen LogP contribution in [-0.4, -0.2) is 36.2 Å². The zero-order chi connectivity index (χ0) is 22.5.